The summed E-state index contributed by atoms with van der Waals surface area (Å²) in [4.78, 5) is 0. The van der Waals surface area contributed by atoms with Crippen LogP contribution in [-0.2, 0) is 0 Å². The van der Waals surface area contributed by atoms with Crippen molar-refractivity contribution in [2.45, 2.75) is 58.4 Å². The quantitative estimate of drug-likeness (QED) is 0.675. The van der Waals surface area contributed by atoms with Crippen LogP contribution in [0.3, 0.4) is 0 Å². The molecule has 0 radical (unpaired) electrons. The SMILES string of the molecule is CCCNC(c1ccc(Br)c(F)c1)C1CCCCC1CC. The molecule has 1 aromatic carbocycles. The zero-order valence-electron chi connectivity index (χ0n) is 13.2. The number of hydrogen-bond donors (Lipinski definition) is 1. The second-order valence-corrected chi connectivity index (χ2v) is 7.08. The van der Waals surface area contributed by atoms with Gasteiger partial charge in [0, 0.05) is 6.04 Å². The smallest absolute Gasteiger partial charge is 0.137 e. The topological polar surface area (TPSA) is 12.0 Å². The third kappa shape index (κ3) is 4.29. The fraction of sp³-hybridized carbons (Fsp3) is 0.667. The summed E-state index contributed by atoms with van der Waals surface area (Å²) in [5, 5.41) is 3.68. The van der Waals surface area contributed by atoms with Crippen molar-refractivity contribution in [1.82, 2.24) is 5.32 Å². The van der Waals surface area contributed by atoms with Gasteiger partial charge >= 0.3 is 0 Å². The molecule has 1 N–H and O–H groups in total. The van der Waals surface area contributed by atoms with E-state index in [0.717, 1.165) is 24.4 Å². The van der Waals surface area contributed by atoms with E-state index in [1.807, 2.05) is 6.07 Å². The van der Waals surface area contributed by atoms with E-state index < -0.39 is 0 Å². The molecule has 0 aromatic heterocycles. The Morgan fingerprint density at radius 3 is 2.71 bits per heavy atom. The lowest BCUT2D eigenvalue weighted by molar-refractivity contribution is 0.175. The predicted molar refractivity (Wildman–Crippen MR) is 90.9 cm³/mol. The summed E-state index contributed by atoms with van der Waals surface area (Å²) >= 11 is 3.26. The second-order valence-electron chi connectivity index (χ2n) is 6.22. The van der Waals surface area contributed by atoms with Crippen LogP contribution in [0, 0.1) is 17.7 Å². The van der Waals surface area contributed by atoms with Gasteiger partial charge in [0.05, 0.1) is 4.47 Å². The summed E-state index contributed by atoms with van der Waals surface area (Å²) in [6, 6.07) is 5.91. The third-order valence-corrected chi connectivity index (χ3v) is 5.48. The van der Waals surface area contributed by atoms with Crippen LogP contribution in [0.4, 0.5) is 4.39 Å². The van der Waals surface area contributed by atoms with Gasteiger partial charge in [-0.15, -0.1) is 0 Å². The highest BCUT2D eigenvalue weighted by atomic mass is 79.9. The summed E-state index contributed by atoms with van der Waals surface area (Å²) in [7, 11) is 0. The van der Waals surface area contributed by atoms with E-state index in [1.54, 1.807) is 6.07 Å². The molecule has 0 aliphatic heterocycles. The van der Waals surface area contributed by atoms with Crippen molar-refractivity contribution in [2.75, 3.05) is 6.54 Å². The minimum Gasteiger partial charge on any atom is -0.310 e. The van der Waals surface area contributed by atoms with E-state index in [9.17, 15) is 4.39 Å². The van der Waals surface area contributed by atoms with Crippen LogP contribution in [0.1, 0.15) is 64.0 Å². The monoisotopic (exact) mass is 355 g/mol. The second kappa shape index (κ2) is 8.28. The minimum absolute atomic E-state index is 0.153. The van der Waals surface area contributed by atoms with Gasteiger partial charge in [-0.3, -0.25) is 0 Å². The maximum absolute atomic E-state index is 13.9. The predicted octanol–water partition coefficient (Wildman–Crippen LogP) is 5.85. The van der Waals surface area contributed by atoms with E-state index in [4.69, 9.17) is 0 Å². The van der Waals surface area contributed by atoms with Crippen LogP contribution in [0.15, 0.2) is 22.7 Å². The standard InChI is InChI=1S/C18H27BrFN/c1-3-11-21-18(14-9-10-16(19)17(20)12-14)15-8-6-5-7-13(15)4-2/h9-10,12-13,15,18,21H,3-8,11H2,1-2H3. The Morgan fingerprint density at radius 1 is 1.29 bits per heavy atom. The van der Waals surface area contributed by atoms with Gasteiger partial charge in [-0.1, -0.05) is 45.6 Å². The van der Waals surface area contributed by atoms with Gasteiger partial charge in [-0.2, -0.15) is 0 Å². The fourth-order valence-electron chi connectivity index (χ4n) is 3.70. The van der Waals surface area contributed by atoms with Crippen LogP contribution >= 0.6 is 15.9 Å². The van der Waals surface area contributed by atoms with Crippen molar-refractivity contribution < 1.29 is 4.39 Å². The molecule has 1 aromatic rings. The third-order valence-electron chi connectivity index (χ3n) is 4.84. The Bertz CT molecular complexity index is 449. The average molecular weight is 356 g/mol. The Labute approximate surface area is 136 Å². The molecule has 118 valence electrons. The normalized spacial score (nSPS) is 24.0. The Balaban J connectivity index is 2.25. The van der Waals surface area contributed by atoms with Crippen LogP contribution in [0.25, 0.3) is 0 Å². The molecule has 2 rings (SSSR count). The number of halogens is 2. The molecule has 21 heavy (non-hydrogen) atoms. The van der Waals surface area contributed by atoms with Crippen molar-refractivity contribution in [1.29, 1.82) is 0 Å². The van der Waals surface area contributed by atoms with Gasteiger partial charge in [0.2, 0.25) is 0 Å². The molecular formula is C18H27BrFN. The van der Waals surface area contributed by atoms with E-state index >= 15 is 0 Å². The first kappa shape index (κ1) is 17.0. The number of benzene rings is 1. The minimum atomic E-state index is -0.153. The maximum atomic E-state index is 13.9. The lowest BCUT2D eigenvalue weighted by Crippen LogP contribution is -2.35. The first-order chi connectivity index (χ1) is 10.2. The molecule has 3 atom stereocenters. The van der Waals surface area contributed by atoms with Gasteiger partial charge in [-0.25, -0.2) is 4.39 Å². The first-order valence-electron chi connectivity index (χ1n) is 8.35. The zero-order valence-corrected chi connectivity index (χ0v) is 14.8. The van der Waals surface area contributed by atoms with Crippen molar-refractivity contribution in [3.8, 4) is 0 Å². The number of nitrogens with one attached hydrogen (secondary N) is 1. The summed E-state index contributed by atoms with van der Waals surface area (Å²) < 4.78 is 14.5. The summed E-state index contributed by atoms with van der Waals surface area (Å²) in [6.45, 7) is 5.47. The number of rotatable bonds is 6. The lowest BCUT2D eigenvalue weighted by atomic mass is 9.72. The molecule has 0 amide bonds. The van der Waals surface area contributed by atoms with Gasteiger partial charge in [-0.05, 0) is 64.8 Å². The maximum Gasteiger partial charge on any atom is 0.137 e. The van der Waals surface area contributed by atoms with Gasteiger partial charge in [0.15, 0.2) is 0 Å². The molecule has 1 fully saturated rings. The summed E-state index contributed by atoms with van der Waals surface area (Å²) in [6.07, 6.45) is 7.59. The van der Waals surface area contributed by atoms with Crippen LogP contribution in [0.5, 0.6) is 0 Å². The fourth-order valence-corrected chi connectivity index (χ4v) is 3.95. The first-order valence-corrected chi connectivity index (χ1v) is 9.15. The Morgan fingerprint density at radius 2 is 2.05 bits per heavy atom. The lowest BCUT2D eigenvalue weighted by Gasteiger charge is -2.37. The van der Waals surface area contributed by atoms with Gasteiger partial charge in [0.1, 0.15) is 5.82 Å². The zero-order chi connectivity index (χ0) is 15.2. The highest BCUT2D eigenvalue weighted by molar-refractivity contribution is 9.10. The molecule has 1 aliphatic rings. The molecule has 0 saturated heterocycles. The Kier molecular flexibility index (Phi) is 6.69. The van der Waals surface area contributed by atoms with E-state index in [1.165, 1.54) is 32.1 Å². The van der Waals surface area contributed by atoms with Crippen LogP contribution in [-0.4, -0.2) is 6.54 Å². The highest BCUT2D eigenvalue weighted by Crippen LogP contribution is 2.40. The van der Waals surface area contributed by atoms with Crippen molar-refractivity contribution in [3.63, 3.8) is 0 Å². The molecule has 0 heterocycles. The molecule has 3 unspecified atom stereocenters. The van der Waals surface area contributed by atoms with Crippen molar-refractivity contribution >= 4 is 15.9 Å². The van der Waals surface area contributed by atoms with Crippen LogP contribution < -0.4 is 5.32 Å². The molecule has 3 heteroatoms. The molecular weight excluding hydrogens is 329 g/mol. The summed E-state index contributed by atoms with van der Waals surface area (Å²) in [5.74, 6) is 1.25. The van der Waals surface area contributed by atoms with E-state index in [-0.39, 0.29) is 11.9 Å². The van der Waals surface area contributed by atoms with Crippen LogP contribution in [0.2, 0.25) is 0 Å². The van der Waals surface area contributed by atoms with E-state index in [2.05, 4.69) is 41.2 Å². The molecule has 1 saturated carbocycles. The van der Waals surface area contributed by atoms with Gasteiger partial charge < -0.3 is 5.32 Å². The van der Waals surface area contributed by atoms with Crippen molar-refractivity contribution in [2.24, 2.45) is 11.8 Å². The summed E-state index contributed by atoms with van der Waals surface area (Å²) in [5.41, 5.74) is 1.11. The number of hydrogen-bond acceptors (Lipinski definition) is 1. The Hall–Kier alpha value is -0.410. The average Bonchev–Trinajstić information content (AvgIpc) is 2.51. The molecule has 0 bridgehead atoms. The molecule has 1 aliphatic carbocycles. The molecule has 1 nitrogen and oxygen atoms in total. The van der Waals surface area contributed by atoms with Gasteiger partial charge in [0.25, 0.3) is 0 Å². The van der Waals surface area contributed by atoms with Crippen molar-refractivity contribution in [3.05, 3.63) is 34.1 Å². The van der Waals surface area contributed by atoms with E-state index in [0.29, 0.717) is 10.4 Å². The largest absolute Gasteiger partial charge is 0.310 e. The molecule has 0 spiro atoms. The highest BCUT2D eigenvalue weighted by Gasteiger charge is 2.31.